The highest BCUT2D eigenvalue weighted by atomic mass is 16.7. The molecule has 1 aliphatic heterocycles. The van der Waals surface area contributed by atoms with Gasteiger partial charge in [-0.25, -0.2) is 0 Å². The van der Waals surface area contributed by atoms with Crippen LogP contribution in [0, 0.1) is 11.3 Å². The Kier molecular flexibility index (Phi) is 3.71. The maximum Gasteiger partial charge on any atom is 0.210 e. The van der Waals surface area contributed by atoms with Gasteiger partial charge in [-0.1, -0.05) is 13.8 Å². The molecule has 5 heteroatoms. The standard InChI is InChI=1S/C10H14O5/c1-10(2)5-14-9(15-6-10)7(3-11)8(13)4-12/h3-4,7,9H,5-6H2,1-2H3. The van der Waals surface area contributed by atoms with Gasteiger partial charge in [0.25, 0.3) is 0 Å². The Morgan fingerprint density at radius 2 is 1.87 bits per heavy atom. The number of Topliss-reactive ketones (excluding diaryl/α,β-unsaturated/α-hetero) is 1. The molecular formula is C10H14O5. The molecule has 0 spiro atoms. The molecule has 0 aromatic heterocycles. The Bertz CT molecular complexity index is 261. The summed E-state index contributed by atoms with van der Waals surface area (Å²) < 4.78 is 10.5. The lowest BCUT2D eigenvalue weighted by Crippen LogP contribution is -2.44. The van der Waals surface area contributed by atoms with E-state index in [1.165, 1.54) is 0 Å². The predicted molar refractivity (Wildman–Crippen MR) is 50.1 cm³/mol. The zero-order chi connectivity index (χ0) is 11.5. The fraction of sp³-hybridized carbons (Fsp3) is 0.700. The number of rotatable bonds is 4. The molecule has 1 rings (SSSR count). The van der Waals surface area contributed by atoms with Gasteiger partial charge in [-0.3, -0.25) is 9.59 Å². The third-order valence-corrected chi connectivity index (χ3v) is 2.16. The van der Waals surface area contributed by atoms with Crippen LogP contribution in [0.1, 0.15) is 13.8 Å². The van der Waals surface area contributed by atoms with Crippen molar-refractivity contribution in [2.75, 3.05) is 13.2 Å². The lowest BCUT2D eigenvalue weighted by atomic mass is 9.94. The lowest BCUT2D eigenvalue weighted by molar-refractivity contribution is -0.235. The van der Waals surface area contributed by atoms with Crippen molar-refractivity contribution in [3.05, 3.63) is 0 Å². The topological polar surface area (TPSA) is 69.7 Å². The van der Waals surface area contributed by atoms with Crippen LogP contribution in [0.15, 0.2) is 0 Å². The highest BCUT2D eigenvalue weighted by Gasteiger charge is 2.36. The van der Waals surface area contributed by atoms with E-state index in [0.29, 0.717) is 19.5 Å². The van der Waals surface area contributed by atoms with E-state index < -0.39 is 18.0 Å². The van der Waals surface area contributed by atoms with Gasteiger partial charge < -0.3 is 14.3 Å². The summed E-state index contributed by atoms with van der Waals surface area (Å²) in [5, 5.41) is 0. The number of hydrogen-bond acceptors (Lipinski definition) is 5. The first-order valence-corrected chi connectivity index (χ1v) is 4.68. The lowest BCUT2D eigenvalue weighted by Gasteiger charge is -2.35. The largest absolute Gasteiger partial charge is 0.351 e. The molecular weight excluding hydrogens is 200 g/mol. The molecule has 0 N–H and O–H groups in total. The van der Waals surface area contributed by atoms with Gasteiger partial charge in [0, 0.05) is 5.41 Å². The maximum absolute atomic E-state index is 11.0. The molecule has 0 saturated carbocycles. The second-order valence-corrected chi connectivity index (χ2v) is 4.34. The summed E-state index contributed by atoms with van der Waals surface area (Å²) in [6.45, 7) is 4.68. The van der Waals surface area contributed by atoms with Crippen LogP contribution in [-0.2, 0) is 23.9 Å². The molecule has 84 valence electrons. The molecule has 0 bridgehead atoms. The van der Waals surface area contributed by atoms with Gasteiger partial charge in [-0.15, -0.1) is 0 Å². The minimum atomic E-state index is -1.14. The molecule has 0 aliphatic carbocycles. The Morgan fingerprint density at radius 3 is 2.27 bits per heavy atom. The van der Waals surface area contributed by atoms with Crippen molar-refractivity contribution in [1.82, 2.24) is 0 Å². The van der Waals surface area contributed by atoms with Gasteiger partial charge in [-0.05, 0) is 0 Å². The van der Waals surface area contributed by atoms with Crippen LogP contribution in [-0.4, -0.2) is 37.9 Å². The van der Waals surface area contributed by atoms with E-state index in [0.717, 1.165) is 0 Å². The van der Waals surface area contributed by atoms with Crippen molar-refractivity contribution < 1.29 is 23.9 Å². The predicted octanol–water partition coefficient (Wildman–Crippen LogP) is -0.0314. The van der Waals surface area contributed by atoms with Gasteiger partial charge in [0.05, 0.1) is 13.2 Å². The first-order valence-electron chi connectivity index (χ1n) is 4.68. The van der Waals surface area contributed by atoms with Crippen LogP contribution < -0.4 is 0 Å². The average Bonchev–Trinajstić information content (AvgIpc) is 2.21. The Labute approximate surface area is 87.7 Å². The summed E-state index contributed by atoms with van der Waals surface area (Å²) in [6, 6.07) is 0. The first-order chi connectivity index (χ1) is 7.00. The normalized spacial score (nSPS) is 23.1. The van der Waals surface area contributed by atoms with Crippen molar-refractivity contribution in [1.29, 1.82) is 0 Å². The molecule has 1 fully saturated rings. The molecule has 1 heterocycles. The smallest absolute Gasteiger partial charge is 0.210 e. The fourth-order valence-electron chi connectivity index (χ4n) is 1.26. The zero-order valence-electron chi connectivity index (χ0n) is 8.76. The van der Waals surface area contributed by atoms with Crippen LogP contribution in [0.5, 0.6) is 0 Å². The number of carbonyl (C=O) groups excluding carboxylic acids is 3. The summed E-state index contributed by atoms with van der Waals surface area (Å²) in [6.07, 6.45) is -0.418. The van der Waals surface area contributed by atoms with E-state index in [4.69, 9.17) is 9.47 Å². The third kappa shape index (κ3) is 2.94. The third-order valence-electron chi connectivity index (χ3n) is 2.16. The monoisotopic (exact) mass is 214 g/mol. The average molecular weight is 214 g/mol. The Morgan fingerprint density at radius 1 is 1.33 bits per heavy atom. The maximum atomic E-state index is 11.0. The van der Waals surface area contributed by atoms with Crippen LogP contribution in [0.4, 0.5) is 0 Å². The number of aldehydes is 2. The van der Waals surface area contributed by atoms with Crippen molar-refractivity contribution in [2.45, 2.75) is 20.1 Å². The number of carbonyl (C=O) groups is 3. The van der Waals surface area contributed by atoms with Gasteiger partial charge in [0.15, 0.2) is 12.6 Å². The van der Waals surface area contributed by atoms with E-state index >= 15 is 0 Å². The molecule has 0 aromatic carbocycles. The van der Waals surface area contributed by atoms with Gasteiger partial charge in [-0.2, -0.15) is 0 Å². The molecule has 1 atom stereocenters. The van der Waals surface area contributed by atoms with Crippen LogP contribution in [0.2, 0.25) is 0 Å². The Hall–Kier alpha value is -1.07. The molecule has 1 aliphatic rings. The van der Waals surface area contributed by atoms with Crippen molar-refractivity contribution in [2.24, 2.45) is 11.3 Å². The van der Waals surface area contributed by atoms with Crippen LogP contribution in [0.25, 0.3) is 0 Å². The van der Waals surface area contributed by atoms with Crippen molar-refractivity contribution >= 4 is 18.4 Å². The minimum absolute atomic E-state index is 0.117. The van der Waals surface area contributed by atoms with Gasteiger partial charge >= 0.3 is 0 Å². The summed E-state index contributed by atoms with van der Waals surface area (Å²) in [5.41, 5.74) is -0.131. The summed E-state index contributed by atoms with van der Waals surface area (Å²) in [4.78, 5) is 31.9. The van der Waals surface area contributed by atoms with Gasteiger partial charge in [0.2, 0.25) is 5.78 Å². The Balaban J connectivity index is 2.61. The molecule has 15 heavy (non-hydrogen) atoms. The van der Waals surface area contributed by atoms with E-state index in [-0.39, 0.29) is 11.7 Å². The summed E-state index contributed by atoms with van der Waals surface area (Å²) >= 11 is 0. The molecule has 0 amide bonds. The van der Waals surface area contributed by atoms with E-state index in [1.54, 1.807) is 0 Å². The quantitative estimate of drug-likeness (QED) is 0.373. The molecule has 1 saturated heterocycles. The highest BCUT2D eigenvalue weighted by Crippen LogP contribution is 2.25. The minimum Gasteiger partial charge on any atom is -0.351 e. The summed E-state index contributed by atoms with van der Waals surface area (Å²) in [7, 11) is 0. The molecule has 1 unspecified atom stereocenters. The van der Waals surface area contributed by atoms with Crippen molar-refractivity contribution in [3.8, 4) is 0 Å². The first kappa shape index (κ1) is 12.0. The molecule has 0 aromatic rings. The molecule has 5 nitrogen and oxygen atoms in total. The van der Waals surface area contributed by atoms with Gasteiger partial charge in [0.1, 0.15) is 12.2 Å². The summed E-state index contributed by atoms with van der Waals surface area (Å²) in [5.74, 6) is -1.95. The van der Waals surface area contributed by atoms with E-state index in [1.807, 2.05) is 13.8 Å². The zero-order valence-corrected chi connectivity index (χ0v) is 8.76. The van der Waals surface area contributed by atoms with Crippen LogP contribution in [0.3, 0.4) is 0 Å². The second kappa shape index (κ2) is 4.63. The molecule has 0 radical (unpaired) electrons. The number of ether oxygens (including phenoxy) is 2. The second-order valence-electron chi connectivity index (χ2n) is 4.34. The highest BCUT2D eigenvalue weighted by molar-refractivity contribution is 6.29. The van der Waals surface area contributed by atoms with E-state index in [2.05, 4.69) is 0 Å². The number of hydrogen-bond donors (Lipinski definition) is 0. The van der Waals surface area contributed by atoms with E-state index in [9.17, 15) is 14.4 Å². The number of ketones is 1. The SMILES string of the molecule is CC1(C)COC(C(C=O)C(=O)C=O)OC1. The van der Waals surface area contributed by atoms with Crippen molar-refractivity contribution in [3.63, 3.8) is 0 Å². The van der Waals surface area contributed by atoms with Crippen LogP contribution >= 0.6 is 0 Å². The fourth-order valence-corrected chi connectivity index (χ4v) is 1.26.